The van der Waals surface area contributed by atoms with Crippen LogP contribution in [0.1, 0.15) is 39.1 Å². The van der Waals surface area contributed by atoms with Crippen LogP contribution in [0.4, 0.5) is 5.69 Å². The number of amides is 2. The molecule has 0 aliphatic heterocycles. The van der Waals surface area contributed by atoms with Crippen molar-refractivity contribution in [3.8, 4) is 0 Å². The normalized spacial score (nSPS) is 13.9. The minimum absolute atomic E-state index is 0.0704. The molecule has 1 aliphatic rings. The maximum atomic E-state index is 12.5. The highest BCUT2D eigenvalue weighted by atomic mass is 32.2. The monoisotopic (exact) mass is 372 g/mol. The molecule has 1 fully saturated rings. The van der Waals surface area contributed by atoms with Gasteiger partial charge in [-0.15, -0.1) is 0 Å². The average molecular weight is 372 g/mol. The molecule has 1 saturated carbocycles. The van der Waals surface area contributed by atoms with E-state index in [9.17, 15) is 18.0 Å². The summed E-state index contributed by atoms with van der Waals surface area (Å²) >= 11 is 0. The third kappa shape index (κ3) is 4.92. The number of sulfone groups is 1. The quantitative estimate of drug-likeness (QED) is 0.814. The van der Waals surface area contributed by atoms with E-state index in [0.29, 0.717) is 22.4 Å². The van der Waals surface area contributed by atoms with E-state index in [-0.39, 0.29) is 23.6 Å². The number of hydrogen-bond acceptors (Lipinski definition) is 4. The molecule has 2 N–H and O–H groups in total. The number of para-hydroxylation sites is 1. The van der Waals surface area contributed by atoms with Crippen LogP contribution < -0.4 is 10.6 Å². The standard InChI is InChI=1S/C19H20N2O4S/c1-26(24,25)12-13-6-8-14(9-7-13)18(22)21-17-5-3-2-4-16(17)19(23)20-15-10-11-15/h2-9,15H,10-12H2,1H3,(H,20,23)(H,21,22). The molecule has 3 rings (SSSR count). The predicted molar refractivity (Wildman–Crippen MR) is 99.9 cm³/mol. The lowest BCUT2D eigenvalue weighted by atomic mass is 10.1. The minimum atomic E-state index is -3.12. The molecule has 1 aliphatic carbocycles. The zero-order chi connectivity index (χ0) is 18.7. The maximum Gasteiger partial charge on any atom is 0.255 e. The Labute approximate surface area is 152 Å². The number of carbonyl (C=O) groups is 2. The lowest BCUT2D eigenvalue weighted by molar-refractivity contribution is 0.0952. The summed E-state index contributed by atoms with van der Waals surface area (Å²) in [6, 6.07) is 13.4. The largest absolute Gasteiger partial charge is 0.349 e. The van der Waals surface area contributed by atoms with Crippen molar-refractivity contribution >= 4 is 27.3 Å². The van der Waals surface area contributed by atoms with Crippen molar-refractivity contribution in [1.29, 1.82) is 0 Å². The van der Waals surface area contributed by atoms with Gasteiger partial charge in [-0.1, -0.05) is 24.3 Å². The molecule has 0 bridgehead atoms. The lowest BCUT2D eigenvalue weighted by Crippen LogP contribution is -2.27. The Bertz CT molecular complexity index is 932. The smallest absolute Gasteiger partial charge is 0.255 e. The zero-order valence-electron chi connectivity index (χ0n) is 14.4. The first-order chi connectivity index (χ1) is 12.3. The molecule has 7 heteroatoms. The van der Waals surface area contributed by atoms with Crippen LogP contribution in [0.3, 0.4) is 0 Å². The van der Waals surface area contributed by atoms with Gasteiger partial charge in [0.25, 0.3) is 11.8 Å². The molecule has 0 unspecified atom stereocenters. The summed E-state index contributed by atoms with van der Waals surface area (Å²) in [5.41, 5.74) is 1.87. The predicted octanol–water partition coefficient (Wildman–Crippen LogP) is 2.38. The molecule has 2 aromatic rings. The van der Waals surface area contributed by atoms with Crippen LogP contribution in [0.5, 0.6) is 0 Å². The lowest BCUT2D eigenvalue weighted by Gasteiger charge is -2.11. The van der Waals surface area contributed by atoms with Crippen LogP contribution in [0.2, 0.25) is 0 Å². The third-order valence-electron chi connectivity index (χ3n) is 3.98. The molecule has 26 heavy (non-hydrogen) atoms. The molecule has 0 atom stereocenters. The second kappa shape index (κ2) is 7.29. The van der Waals surface area contributed by atoms with Gasteiger partial charge in [-0.2, -0.15) is 0 Å². The van der Waals surface area contributed by atoms with Crippen LogP contribution >= 0.6 is 0 Å². The summed E-state index contributed by atoms with van der Waals surface area (Å²) in [4.78, 5) is 24.8. The van der Waals surface area contributed by atoms with Crippen molar-refractivity contribution < 1.29 is 18.0 Å². The molecule has 0 saturated heterocycles. The van der Waals surface area contributed by atoms with E-state index in [1.165, 1.54) is 0 Å². The Kier molecular flexibility index (Phi) is 5.08. The zero-order valence-corrected chi connectivity index (χ0v) is 15.2. The van der Waals surface area contributed by atoms with E-state index in [1.807, 2.05) is 0 Å². The summed E-state index contributed by atoms with van der Waals surface area (Å²) < 4.78 is 22.7. The van der Waals surface area contributed by atoms with Gasteiger partial charge in [0.15, 0.2) is 9.84 Å². The minimum Gasteiger partial charge on any atom is -0.349 e. The van der Waals surface area contributed by atoms with Gasteiger partial charge in [-0.05, 0) is 42.7 Å². The molecule has 0 aromatic heterocycles. The van der Waals surface area contributed by atoms with Crippen LogP contribution in [-0.4, -0.2) is 32.5 Å². The Hall–Kier alpha value is -2.67. The number of hydrogen-bond donors (Lipinski definition) is 2. The van der Waals surface area contributed by atoms with E-state index >= 15 is 0 Å². The van der Waals surface area contributed by atoms with Gasteiger partial charge in [-0.3, -0.25) is 9.59 Å². The van der Waals surface area contributed by atoms with Crippen molar-refractivity contribution in [2.24, 2.45) is 0 Å². The first-order valence-electron chi connectivity index (χ1n) is 8.30. The first-order valence-corrected chi connectivity index (χ1v) is 10.4. The van der Waals surface area contributed by atoms with Crippen LogP contribution in [0.15, 0.2) is 48.5 Å². The van der Waals surface area contributed by atoms with Crippen molar-refractivity contribution in [2.45, 2.75) is 24.6 Å². The number of rotatable bonds is 6. The van der Waals surface area contributed by atoms with Crippen molar-refractivity contribution in [3.63, 3.8) is 0 Å². The molecule has 0 radical (unpaired) electrons. The summed E-state index contributed by atoms with van der Waals surface area (Å²) in [5.74, 6) is -0.631. The van der Waals surface area contributed by atoms with E-state index in [1.54, 1.807) is 48.5 Å². The highest BCUT2D eigenvalue weighted by Gasteiger charge is 2.25. The SMILES string of the molecule is CS(=O)(=O)Cc1ccc(C(=O)Nc2ccccc2C(=O)NC2CC2)cc1. The van der Waals surface area contributed by atoms with Crippen LogP contribution in [0.25, 0.3) is 0 Å². The van der Waals surface area contributed by atoms with Crippen LogP contribution in [0, 0.1) is 0 Å². The summed E-state index contributed by atoms with van der Waals surface area (Å²) in [6.07, 6.45) is 3.14. The third-order valence-corrected chi connectivity index (χ3v) is 4.84. The maximum absolute atomic E-state index is 12.5. The van der Waals surface area contributed by atoms with Gasteiger partial charge >= 0.3 is 0 Å². The Morgan fingerprint density at radius 1 is 1.00 bits per heavy atom. The van der Waals surface area contributed by atoms with Gasteiger partial charge < -0.3 is 10.6 Å². The number of carbonyl (C=O) groups excluding carboxylic acids is 2. The van der Waals surface area contributed by atoms with Gasteiger partial charge in [-0.25, -0.2) is 8.42 Å². The number of benzene rings is 2. The van der Waals surface area contributed by atoms with Crippen LogP contribution in [-0.2, 0) is 15.6 Å². The fourth-order valence-corrected chi connectivity index (χ4v) is 3.33. The number of nitrogens with one attached hydrogen (secondary N) is 2. The van der Waals surface area contributed by atoms with Gasteiger partial charge in [0, 0.05) is 17.9 Å². The van der Waals surface area contributed by atoms with E-state index in [4.69, 9.17) is 0 Å². The summed E-state index contributed by atoms with van der Waals surface area (Å²) in [6.45, 7) is 0. The van der Waals surface area contributed by atoms with Gasteiger partial charge in [0.05, 0.1) is 17.0 Å². The molecule has 2 amide bonds. The fraction of sp³-hybridized carbons (Fsp3) is 0.263. The molecular formula is C19H20N2O4S. The Morgan fingerprint density at radius 3 is 2.27 bits per heavy atom. The Morgan fingerprint density at radius 2 is 1.65 bits per heavy atom. The van der Waals surface area contributed by atoms with Crippen molar-refractivity contribution in [3.05, 3.63) is 65.2 Å². The topological polar surface area (TPSA) is 92.3 Å². The molecule has 136 valence electrons. The van der Waals surface area contributed by atoms with E-state index in [2.05, 4.69) is 10.6 Å². The van der Waals surface area contributed by atoms with E-state index in [0.717, 1.165) is 19.1 Å². The second-order valence-electron chi connectivity index (χ2n) is 6.51. The molecular weight excluding hydrogens is 352 g/mol. The fourth-order valence-electron chi connectivity index (χ4n) is 2.53. The highest BCUT2D eigenvalue weighted by molar-refractivity contribution is 7.89. The average Bonchev–Trinajstić information content (AvgIpc) is 3.38. The van der Waals surface area contributed by atoms with Crippen molar-refractivity contribution in [2.75, 3.05) is 11.6 Å². The molecule has 0 spiro atoms. The first kappa shape index (κ1) is 18.1. The second-order valence-corrected chi connectivity index (χ2v) is 8.65. The molecule has 6 nitrogen and oxygen atoms in total. The summed E-state index contributed by atoms with van der Waals surface area (Å²) in [7, 11) is -3.12. The Balaban J connectivity index is 1.72. The molecule has 0 heterocycles. The number of anilines is 1. The van der Waals surface area contributed by atoms with Gasteiger partial charge in [0.2, 0.25) is 0 Å². The molecule has 2 aromatic carbocycles. The highest BCUT2D eigenvalue weighted by Crippen LogP contribution is 2.22. The van der Waals surface area contributed by atoms with E-state index < -0.39 is 9.84 Å². The van der Waals surface area contributed by atoms with Crippen molar-refractivity contribution in [1.82, 2.24) is 5.32 Å². The summed E-state index contributed by atoms with van der Waals surface area (Å²) in [5, 5.41) is 5.66. The van der Waals surface area contributed by atoms with Gasteiger partial charge in [0.1, 0.15) is 0 Å².